The molecular formula is C13H9Br2FN2O2S. The Balaban J connectivity index is 2.34. The molecule has 3 N–H and O–H groups in total. The SMILES string of the molecule is Cc1c(F)cc(C(N)=O)cc1NC(=O)c1cc(Br)c(Br)s1. The fourth-order valence-corrected chi connectivity index (χ4v) is 3.52. The summed E-state index contributed by atoms with van der Waals surface area (Å²) < 4.78 is 15.3. The number of nitrogens with two attached hydrogens (primary N) is 1. The van der Waals surface area contributed by atoms with E-state index in [4.69, 9.17) is 5.73 Å². The van der Waals surface area contributed by atoms with Gasteiger partial charge >= 0.3 is 0 Å². The lowest BCUT2D eigenvalue weighted by molar-refractivity contribution is 0.0996. The zero-order valence-electron chi connectivity index (χ0n) is 10.7. The van der Waals surface area contributed by atoms with E-state index in [2.05, 4.69) is 37.2 Å². The van der Waals surface area contributed by atoms with Crippen LogP contribution in [0, 0.1) is 12.7 Å². The number of thiophene rings is 1. The van der Waals surface area contributed by atoms with E-state index >= 15 is 0 Å². The van der Waals surface area contributed by atoms with Crippen LogP contribution in [0.5, 0.6) is 0 Å². The first-order valence-electron chi connectivity index (χ1n) is 5.65. The average molecular weight is 436 g/mol. The number of halogens is 3. The van der Waals surface area contributed by atoms with Gasteiger partial charge in [-0.25, -0.2) is 4.39 Å². The highest BCUT2D eigenvalue weighted by molar-refractivity contribution is 9.13. The summed E-state index contributed by atoms with van der Waals surface area (Å²) in [4.78, 5) is 23.7. The van der Waals surface area contributed by atoms with Gasteiger partial charge in [0, 0.05) is 21.3 Å². The molecule has 2 amide bonds. The molecule has 4 nitrogen and oxygen atoms in total. The lowest BCUT2D eigenvalue weighted by atomic mass is 10.1. The number of anilines is 1. The summed E-state index contributed by atoms with van der Waals surface area (Å²) in [6, 6.07) is 4.05. The smallest absolute Gasteiger partial charge is 0.265 e. The Bertz CT molecular complexity index is 727. The monoisotopic (exact) mass is 434 g/mol. The van der Waals surface area contributed by atoms with Crippen molar-refractivity contribution < 1.29 is 14.0 Å². The highest BCUT2D eigenvalue weighted by atomic mass is 79.9. The summed E-state index contributed by atoms with van der Waals surface area (Å²) in [6.45, 7) is 1.51. The molecule has 8 heteroatoms. The molecule has 21 heavy (non-hydrogen) atoms. The predicted octanol–water partition coefficient (Wildman–Crippen LogP) is 4.07. The molecule has 0 fully saturated rings. The quantitative estimate of drug-likeness (QED) is 0.762. The number of nitrogens with one attached hydrogen (secondary N) is 1. The summed E-state index contributed by atoms with van der Waals surface area (Å²) in [5.74, 6) is -1.75. The van der Waals surface area contributed by atoms with Gasteiger partial charge in [-0.15, -0.1) is 11.3 Å². The molecule has 0 saturated carbocycles. The van der Waals surface area contributed by atoms with E-state index in [1.54, 1.807) is 6.07 Å². The van der Waals surface area contributed by atoms with Gasteiger partial charge in [0.15, 0.2) is 0 Å². The van der Waals surface area contributed by atoms with E-state index in [0.29, 0.717) is 4.88 Å². The van der Waals surface area contributed by atoms with Crippen LogP contribution in [-0.2, 0) is 0 Å². The summed E-state index contributed by atoms with van der Waals surface area (Å²) in [5.41, 5.74) is 5.60. The van der Waals surface area contributed by atoms with Crippen molar-refractivity contribution in [3.63, 3.8) is 0 Å². The maximum Gasteiger partial charge on any atom is 0.265 e. The van der Waals surface area contributed by atoms with E-state index in [1.165, 1.54) is 24.3 Å². The molecule has 1 heterocycles. The summed E-state index contributed by atoms with van der Waals surface area (Å²) in [7, 11) is 0. The van der Waals surface area contributed by atoms with Crippen LogP contribution < -0.4 is 11.1 Å². The molecule has 0 saturated heterocycles. The van der Waals surface area contributed by atoms with Gasteiger partial charge in [0.05, 0.1) is 8.66 Å². The topological polar surface area (TPSA) is 72.2 Å². The molecule has 0 aliphatic rings. The fourth-order valence-electron chi connectivity index (χ4n) is 1.59. The van der Waals surface area contributed by atoms with Crippen LogP contribution in [0.3, 0.4) is 0 Å². The van der Waals surface area contributed by atoms with Gasteiger partial charge in [-0.05, 0) is 57.0 Å². The fraction of sp³-hybridized carbons (Fsp3) is 0.0769. The minimum atomic E-state index is -0.758. The molecule has 1 aromatic carbocycles. The highest BCUT2D eigenvalue weighted by Gasteiger charge is 2.16. The van der Waals surface area contributed by atoms with Gasteiger partial charge in [0.25, 0.3) is 5.91 Å². The van der Waals surface area contributed by atoms with Crippen molar-refractivity contribution in [3.05, 3.63) is 48.3 Å². The molecular weight excluding hydrogens is 427 g/mol. The second-order valence-corrected chi connectivity index (χ2v) is 7.41. The van der Waals surface area contributed by atoms with E-state index in [-0.39, 0.29) is 16.8 Å². The van der Waals surface area contributed by atoms with Crippen LogP contribution in [0.1, 0.15) is 25.6 Å². The van der Waals surface area contributed by atoms with Crippen LogP contribution in [0.25, 0.3) is 0 Å². The van der Waals surface area contributed by atoms with Gasteiger partial charge < -0.3 is 11.1 Å². The first kappa shape index (κ1) is 16.1. The highest BCUT2D eigenvalue weighted by Crippen LogP contribution is 2.33. The van der Waals surface area contributed by atoms with Gasteiger partial charge in [0.2, 0.25) is 5.91 Å². The molecule has 1 aromatic heterocycles. The van der Waals surface area contributed by atoms with Crippen molar-refractivity contribution in [2.75, 3.05) is 5.32 Å². The number of primary amides is 1. The van der Waals surface area contributed by atoms with Gasteiger partial charge in [-0.3, -0.25) is 9.59 Å². The maximum absolute atomic E-state index is 13.7. The number of hydrogen-bond donors (Lipinski definition) is 2. The Labute approximate surface area is 140 Å². The maximum atomic E-state index is 13.7. The number of carbonyl (C=O) groups is 2. The van der Waals surface area contributed by atoms with Crippen molar-refractivity contribution in [2.24, 2.45) is 5.73 Å². The molecule has 0 radical (unpaired) electrons. The van der Waals surface area contributed by atoms with Crippen molar-refractivity contribution in [1.82, 2.24) is 0 Å². The Hall–Kier alpha value is -1.25. The molecule has 0 aliphatic carbocycles. The second kappa shape index (κ2) is 6.25. The van der Waals surface area contributed by atoms with E-state index < -0.39 is 17.6 Å². The molecule has 0 bridgehead atoms. The summed E-state index contributed by atoms with van der Waals surface area (Å²) in [6.07, 6.45) is 0. The normalized spacial score (nSPS) is 10.5. The molecule has 2 rings (SSSR count). The zero-order valence-corrected chi connectivity index (χ0v) is 14.7. The van der Waals surface area contributed by atoms with E-state index in [0.717, 1.165) is 14.3 Å². The van der Waals surface area contributed by atoms with E-state index in [1.807, 2.05) is 0 Å². The number of carbonyl (C=O) groups excluding carboxylic acids is 2. The first-order valence-corrected chi connectivity index (χ1v) is 8.06. The van der Waals surface area contributed by atoms with Crippen LogP contribution >= 0.6 is 43.2 Å². The Morgan fingerprint density at radius 3 is 2.48 bits per heavy atom. The minimum absolute atomic E-state index is 0.00180. The molecule has 2 aromatic rings. The lowest BCUT2D eigenvalue weighted by Gasteiger charge is -2.10. The molecule has 0 aliphatic heterocycles. The van der Waals surface area contributed by atoms with Crippen molar-refractivity contribution in [1.29, 1.82) is 0 Å². The molecule has 110 valence electrons. The third-order valence-corrected chi connectivity index (χ3v) is 6.00. The van der Waals surface area contributed by atoms with Gasteiger partial charge in [0.1, 0.15) is 5.82 Å². The summed E-state index contributed by atoms with van der Waals surface area (Å²) in [5, 5.41) is 2.59. The van der Waals surface area contributed by atoms with Crippen molar-refractivity contribution in [3.8, 4) is 0 Å². The number of benzene rings is 1. The molecule has 0 spiro atoms. The predicted molar refractivity (Wildman–Crippen MR) is 87.3 cm³/mol. The number of rotatable bonds is 3. The second-order valence-electron chi connectivity index (χ2n) is 4.18. The first-order chi connectivity index (χ1) is 9.79. The third kappa shape index (κ3) is 3.50. The third-order valence-electron chi connectivity index (χ3n) is 2.75. The summed E-state index contributed by atoms with van der Waals surface area (Å²) >= 11 is 7.82. The van der Waals surface area contributed by atoms with Crippen molar-refractivity contribution in [2.45, 2.75) is 6.92 Å². The molecule has 0 unspecified atom stereocenters. The minimum Gasteiger partial charge on any atom is -0.366 e. The van der Waals surface area contributed by atoms with Gasteiger partial charge in [-0.2, -0.15) is 0 Å². The Morgan fingerprint density at radius 1 is 1.29 bits per heavy atom. The van der Waals surface area contributed by atoms with Gasteiger partial charge in [-0.1, -0.05) is 0 Å². The van der Waals surface area contributed by atoms with Crippen LogP contribution in [-0.4, -0.2) is 11.8 Å². The van der Waals surface area contributed by atoms with Crippen LogP contribution in [0.15, 0.2) is 26.5 Å². The van der Waals surface area contributed by atoms with Crippen LogP contribution in [0.4, 0.5) is 10.1 Å². The largest absolute Gasteiger partial charge is 0.366 e. The van der Waals surface area contributed by atoms with Crippen molar-refractivity contribution >= 4 is 60.7 Å². The van der Waals surface area contributed by atoms with Crippen LogP contribution in [0.2, 0.25) is 0 Å². The number of amides is 2. The Morgan fingerprint density at radius 2 is 1.95 bits per heavy atom. The zero-order chi connectivity index (χ0) is 15.7. The lowest BCUT2D eigenvalue weighted by Crippen LogP contribution is -2.15. The average Bonchev–Trinajstić information content (AvgIpc) is 2.74. The Kier molecular flexibility index (Phi) is 4.80. The standard InChI is InChI=1S/C13H9Br2FN2O2S/c1-5-8(16)2-6(12(17)19)3-9(5)18-13(20)10-4-7(14)11(15)21-10/h2-4H,1H3,(H2,17,19)(H,18,20). The molecule has 0 atom stereocenters. The number of hydrogen-bond acceptors (Lipinski definition) is 3. The van der Waals surface area contributed by atoms with E-state index in [9.17, 15) is 14.0 Å².